The van der Waals surface area contributed by atoms with Crippen molar-refractivity contribution in [3.63, 3.8) is 0 Å². The summed E-state index contributed by atoms with van der Waals surface area (Å²) in [6.07, 6.45) is -7.81. The van der Waals surface area contributed by atoms with Crippen LogP contribution in [0.3, 0.4) is 0 Å². The average molecular weight is 480 g/mol. The number of aliphatic hydroxyl groups excluding tert-OH is 3. The summed E-state index contributed by atoms with van der Waals surface area (Å²) in [6, 6.07) is 7.52. The van der Waals surface area contributed by atoms with Gasteiger partial charge >= 0.3 is 11.9 Å². The number of carbonyl (C=O) groups is 2. The summed E-state index contributed by atoms with van der Waals surface area (Å²) in [5, 5.41) is 49.5. The summed E-state index contributed by atoms with van der Waals surface area (Å²) in [5.74, 6) is -2.09. The number of ether oxygens (including phenoxy) is 5. The summed E-state index contributed by atoms with van der Waals surface area (Å²) in [7, 11) is 2.60. The van der Waals surface area contributed by atoms with E-state index in [1.165, 1.54) is 50.6 Å². The van der Waals surface area contributed by atoms with Crippen LogP contribution in [0.25, 0.3) is 0 Å². The fourth-order valence-electron chi connectivity index (χ4n) is 3.22. The number of esters is 1. The van der Waals surface area contributed by atoms with Crippen LogP contribution in [0.15, 0.2) is 36.4 Å². The van der Waals surface area contributed by atoms with Gasteiger partial charge in [0.25, 0.3) is 0 Å². The molecule has 12 heteroatoms. The first-order valence-electron chi connectivity index (χ1n) is 9.98. The van der Waals surface area contributed by atoms with Crippen molar-refractivity contribution in [2.75, 3.05) is 20.8 Å². The van der Waals surface area contributed by atoms with Crippen LogP contribution in [0.2, 0.25) is 0 Å². The molecule has 1 heterocycles. The fourth-order valence-corrected chi connectivity index (χ4v) is 3.22. The van der Waals surface area contributed by atoms with Gasteiger partial charge < -0.3 is 49.2 Å². The van der Waals surface area contributed by atoms with Crippen molar-refractivity contribution in [3.8, 4) is 23.0 Å². The normalized spacial score (nSPS) is 24.2. The maximum atomic E-state index is 12.4. The third-order valence-electron chi connectivity index (χ3n) is 5.12. The van der Waals surface area contributed by atoms with Crippen molar-refractivity contribution in [1.82, 2.24) is 0 Å². The van der Waals surface area contributed by atoms with Crippen molar-refractivity contribution in [2.24, 2.45) is 0 Å². The number of aromatic hydroxyl groups is 1. The second-order valence-electron chi connectivity index (χ2n) is 7.29. The number of carboxylic acids is 1. The van der Waals surface area contributed by atoms with Gasteiger partial charge in [0, 0.05) is 0 Å². The van der Waals surface area contributed by atoms with Gasteiger partial charge in [-0.05, 0) is 36.4 Å². The van der Waals surface area contributed by atoms with E-state index in [9.17, 15) is 30.0 Å². The molecule has 0 bridgehead atoms. The van der Waals surface area contributed by atoms with Crippen LogP contribution < -0.4 is 14.2 Å². The first-order valence-corrected chi connectivity index (χ1v) is 9.98. The molecule has 0 radical (unpaired) electrons. The molecular weight excluding hydrogens is 456 g/mol. The molecule has 0 amide bonds. The number of aromatic carboxylic acids is 1. The minimum atomic E-state index is -1.71. The number of phenolic OH excluding ortho intramolecular Hbond substituents is 1. The molecule has 5 atom stereocenters. The van der Waals surface area contributed by atoms with Gasteiger partial charge in [0.05, 0.1) is 25.3 Å². The quantitative estimate of drug-likeness (QED) is 0.323. The van der Waals surface area contributed by atoms with Gasteiger partial charge in [0.2, 0.25) is 6.29 Å². The number of benzene rings is 2. The SMILES string of the molecule is COc1cc(C(=O)OC[C@H]2O[C@@H](Oc3ccc(C(=O)O)cc3OC)[C@H](O)[C@@H](O)[C@@H]2O)ccc1O. The summed E-state index contributed by atoms with van der Waals surface area (Å²) in [6.45, 7) is -0.512. The number of hydrogen-bond acceptors (Lipinski definition) is 11. The maximum absolute atomic E-state index is 12.4. The van der Waals surface area contributed by atoms with Gasteiger partial charge in [-0.25, -0.2) is 9.59 Å². The van der Waals surface area contributed by atoms with Gasteiger partial charge in [-0.3, -0.25) is 0 Å². The number of carboxylic acid groups (broad SMARTS) is 1. The zero-order valence-corrected chi connectivity index (χ0v) is 18.2. The zero-order valence-electron chi connectivity index (χ0n) is 18.2. The summed E-state index contributed by atoms with van der Waals surface area (Å²) in [5.41, 5.74) is -0.0167. The maximum Gasteiger partial charge on any atom is 0.338 e. The van der Waals surface area contributed by atoms with E-state index >= 15 is 0 Å². The van der Waals surface area contributed by atoms with E-state index in [-0.39, 0.29) is 34.1 Å². The first-order chi connectivity index (χ1) is 16.2. The van der Waals surface area contributed by atoms with Crippen LogP contribution in [0.5, 0.6) is 23.0 Å². The minimum Gasteiger partial charge on any atom is -0.504 e. The van der Waals surface area contributed by atoms with E-state index in [2.05, 4.69) is 0 Å². The summed E-state index contributed by atoms with van der Waals surface area (Å²) < 4.78 is 26.3. The molecule has 1 aliphatic heterocycles. The molecule has 0 aromatic heterocycles. The molecule has 3 rings (SSSR count). The third-order valence-corrected chi connectivity index (χ3v) is 5.12. The number of phenols is 1. The van der Waals surface area contributed by atoms with E-state index < -0.39 is 49.3 Å². The molecule has 0 unspecified atom stereocenters. The lowest BCUT2D eigenvalue weighted by Gasteiger charge is -2.40. The Hall–Kier alpha value is -3.58. The van der Waals surface area contributed by atoms with E-state index in [1.54, 1.807) is 0 Å². The molecule has 2 aromatic rings. The highest BCUT2D eigenvalue weighted by Gasteiger charge is 2.45. The third kappa shape index (κ3) is 5.31. The molecule has 1 saturated heterocycles. The highest BCUT2D eigenvalue weighted by Crippen LogP contribution is 2.32. The molecule has 34 heavy (non-hydrogen) atoms. The molecule has 5 N–H and O–H groups in total. The Labute approximate surface area is 193 Å². The van der Waals surface area contributed by atoms with E-state index in [0.29, 0.717) is 0 Å². The van der Waals surface area contributed by atoms with Gasteiger partial charge in [-0.15, -0.1) is 0 Å². The van der Waals surface area contributed by atoms with Crippen molar-refractivity contribution in [2.45, 2.75) is 30.7 Å². The first kappa shape index (κ1) is 25.1. The van der Waals surface area contributed by atoms with E-state index in [4.69, 9.17) is 28.8 Å². The molecule has 1 fully saturated rings. The van der Waals surface area contributed by atoms with Crippen LogP contribution in [0.1, 0.15) is 20.7 Å². The lowest BCUT2D eigenvalue weighted by atomic mass is 9.99. The van der Waals surface area contributed by atoms with Crippen molar-refractivity contribution >= 4 is 11.9 Å². The highest BCUT2D eigenvalue weighted by molar-refractivity contribution is 5.90. The van der Waals surface area contributed by atoms with Gasteiger partial charge in [-0.2, -0.15) is 0 Å². The molecule has 0 saturated carbocycles. The summed E-state index contributed by atoms with van der Waals surface area (Å²) >= 11 is 0. The lowest BCUT2D eigenvalue weighted by Crippen LogP contribution is -2.60. The smallest absolute Gasteiger partial charge is 0.338 e. The van der Waals surface area contributed by atoms with Crippen LogP contribution in [-0.2, 0) is 9.47 Å². The van der Waals surface area contributed by atoms with E-state index in [1.807, 2.05) is 0 Å². The second-order valence-corrected chi connectivity index (χ2v) is 7.29. The standard InChI is InChI=1S/C22H24O12/c1-30-14-8-11(3-5-12(14)23)21(29)32-9-16-17(24)18(25)19(26)22(34-16)33-13-6-4-10(20(27)28)7-15(13)31-2/h3-8,16-19,22-26H,9H2,1-2H3,(H,27,28)/t16-,17-,18+,19-,22-/m1/s1. The van der Waals surface area contributed by atoms with Crippen LogP contribution in [0.4, 0.5) is 0 Å². The lowest BCUT2D eigenvalue weighted by molar-refractivity contribution is -0.277. The van der Waals surface area contributed by atoms with Crippen LogP contribution in [-0.4, -0.2) is 89.0 Å². The average Bonchev–Trinajstić information content (AvgIpc) is 2.83. The Bertz CT molecular complexity index is 1040. The van der Waals surface area contributed by atoms with Crippen molar-refractivity contribution in [3.05, 3.63) is 47.5 Å². The Balaban J connectivity index is 1.71. The predicted octanol–water partition coefficient (Wildman–Crippen LogP) is 0.151. The largest absolute Gasteiger partial charge is 0.504 e. The van der Waals surface area contributed by atoms with Crippen LogP contribution in [0, 0.1) is 0 Å². The Kier molecular flexibility index (Phi) is 7.79. The molecule has 12 nitrogen and oxygen atoms in total. The Morgan fingerprint density at radius 3 is 2.18 bits per heavy atom. The van der Waals surface area contributed by atoms with Gasteiger partial charge in [-0.1, -0.05) is 0 Å². The van der Waals surface area contributed by atoms with Crippen LogP contribution >= 0.6 is 0 Å². The minimum absolute atomic E-state index is 0.00655. The van der Waals surface area contributed by atoms with E-state index in [0.717, 1.165) is 0 Å². The zero-order chi connectivity index (χ0) is 25.0. The Morgan fingerprint density at radius 2 is 1.53 bits per heavy atom. The Morgan fingerprint density at radius 1 is 0.882 bits per heavy atom. The molecule has 1 aliphatic rings. The molecule has 184 valence electrons. The number of aliphatic hydroxyl groups is 3. The molecule has 0 spiro atoms. The monoisotopic (exact) mass is 480 g/mol. The molecule has 2 aromatic carbocycles. The fraction of sp³-hybridized carbons (Fsp3) is 0.364. The van der Waals surface area contributed by atoms with Gasteiger partial charge in [0.15, 0.2) is 23.0 Å². The number of hydrogen-bond donors (Lipinski definition) is 5. The highest BCUT2D eigenvalue weighted by atomic mass is 16.7. The molecule has 0 aliphatic carbocycles. The van der Waals surface area contributed by atoms with Crippen molar-refractivity contribution < 1.29 is 58.8 Å². The van der Waals surface area contributed by atoms with Crippen molar-refractivity contribution in [1.29, 1.82) is 0 Å². The molecular formula is C22H24O12. The second kappa shape index (κ2) is 10.6. The summed E-state index contributed by atoms with van der Waals surface area (Å²) in [4.78, 5) is 23.5. The number of methoxy groups -OCH3 is 2. The number of rotatable bonds is 8. The van der Waals surface area contributed by atoms with Gasteiger partial charge in [0.1, 0.15) is 31.0 Å². The topological polar surface area (TPSA) is 181 Å². The number of carbonyl (C=O) groups excluding carboxylic acids is 1. The predicted molar refractivity (Wildman–Crippen MR) is 112 cm³/mol.